The molecular weight excluding hydrogens is 260 g/mol. The van der Waals surface area contributed by atoms with Crippen LogP contribution in [0.5, 0.6) is 5.75 Å². The topological polar surface area (TPSA) is 9.23 Å². The standard InChI is InChI=1S/C11H15BrOS/c1-8(7-14)6-13-10-3-4-11(12)9(2)5-10/h3-5,8,14H,6-7H2,1-2H3. The predicted octanol–water partition coefficient (Wildman–Crippen LogP) is 3.70. The molecule has 1 rings (SSSR count). The molecule has 1 unspecified atom stereocenters. The Morgan fingerprint density at radius 3 is 2.79 bits per heavy atom. The molecule has 0 aliphatic rings. The van der Waals surface area contributed by atoms with Gasteiger partial charge in [-0.05, 0) is 42.4 Å². The molecule has 0 saturated carbocycles. The van der Waals surface area contributed by atoms with Crippen LogP contribution < -0.4 is 4.74 Å². The second kappa shape index (κ2) is 5.66. The van der Waals surface area contributed by atoms with Crippen molar-refractivity contribution in [1.82, 2.24) is 0 Å². The molecule has 0 aliphatic heterocycles. The van der Waals surface area contributed by atoms with Crippen LogP contribution in [-0.2, 0) is 0 Å². The monoisotopic (exact) mass is 274 g/mol. The smallest absolute Gasteiger partial charge is 0.119 e. The molecule has 14 heavy (non-hydrogen) atoms. The number of benzene rings is 1. The Labute approximate surface area is 99.4 Å². The van der Waals surface area contributed by atoms with Gasteiger partial charge in [-0.3, -0.25) is 0 Å². The largest absolute Gasteiger partial charge is 0.493 e. The van der Waals surface area contributed by atoms with Crippen LogP contribution in [0, 0.1) is 12.8 Å². The molecule has 0 bridgehead atoms. The van der Waals surface area contributed by atoms with E-state index in [1.54, 1.807) is 0 Å². The molecule has 1 atom stereocenters. The SMILES string of the molecule is Cc1cc(OCC(C)CS)ccc1Br. The van der Waals surface area contributed by atoms with Gasteiger partial charge in [0.15, 0.2) is 0 Å². The number of aryl methyl sites for hydroxylation is 1. The maximum absolute atomic E-state index is 5.62. The molecule has 0 amide bonds. The van der Waals surface area contributed by atoms with Crippen molar-refractivity contribution in [3.8, 4) is 5.75 Å². The summed E-state index contributed by atoms with van der Waals surface area (Å²) in [5.41, 5.74) is 1.20. The van der Waals surface area contributed by atoms with Crippen molar-refractivity contribution in [3.63, 3.8) is 0 Å². The minimum Gasteiger partial charge on any atom is -0.493 e. The van der Waals surface area contributed by atoms with Gasteiger partial charge in [0.05, 0.1) is 6.61 Å². The Bertz CT molecular complexity index is 301. The van der Waals surface area contributed by atoms with Gasteiger partial charge in [0, 0.05) is 4.47 Å². The summed E-state index contributed by atoms with van der Waals surface area (Å²) in [4.78, 5) is 0. The Morgan fingerprint density at radius 2 is 2.21 bits per heavy atom. The van der Waals surface area contributed by atoms with E-state index in [0.29, 0.717) is 5.92 Å². The summed E-state index contributed by atoms with van der Waals surface area (Å²) in [6, 6.07) is 6.02. The maximum atomic E-state index is 5.62. The van der Waals surface area contributed by atoms with Crippen LogP contribution in [0.4, 0.5) is 0 Å². The average molecular weight is 275 g/mol. The summed E-state index contributed by atoms with van der Waals surface area (Å²) in [6.45, 7) is 4.91. The van der Waals surface area contributed by atoms with Crippen molar-refractivity contribution in [2.45, 2.75) is 13.8 Å². The van der Waals surface area contributed by atoms with Crippen LogP contribution in [0.15, 0.2) is 22.7 Å². The highest BCUT2D eigenvalue weighted by Gasteiger charge is 2.02. The van der Waals surface area contributed by atoms with E-state index < -0.39 is 0 Å². The molecule has 0 aliphatic carbocycles. The van der Waals surface area contributed by atoms with E-state index in [4.69, 9.17) is 4.74 Å². The molecular formula is C11H15BrOS. The molecule has 3 heteroatoms. The quantitative estimate of drug-likeness (QED) is 0.824. The fraction of sp³-hybridized carbons (Fsp3) is 0.455. The van der Waals surface area contributed by atoms with Crippen LogP contribution in [0.1, 0.15) is 12.5 Å². The molecule has 0 N–H and O–H groups in total. The molecule has 0 spiro atoms. The molecule has 0 aromatic heterocycles. The van der Waals surface area contributed by atoms with Gasteiger partial charge in [-0.25, -0.2) is 0 Å². The van der Waals surface area contributed by atoms with Crippen LogP contribution in [0.2, 0.25) is 0 Å². The number of rotatable bonds is 4. The Hall–Kier alpha value is -0.150. The highest BCUT2D eigenvalue weighted by atomic mass is 79.9. The lowest BCUT2D eigenvalue weighted by Gasteiger charge is -2.11. The lowest BCUT2D eigenvalue weighted by atomic mass is 10.2. The first-order valence-corrected chi connectivity index (χ1v) is 6.06. The lowest BCUT2D eigenvalue weighted by Crippen LogP contribution is -2.09. The Kier molecular flexibility index (Phi) is 4.82. The molecule has 1 aromatic rings. The average Bonchev–Trinajstić information content (AvgIpc) is 2.19. The molecule has 1 aromatic carbocycles. The molecule has 0 radical (unpaired) electrons. The predicted molar refractivity (Wildman–Crippen MR) is 67.4 cm³/mol. The zero-order valence-electron chi connectivity index (χ0n) is 8.46. The normalized spacial score (nSPS) is 12.6. The first-order chi connectivity index (χ1) is 6.63. The van der Waals surface area contributed by atoms with Gasteiger partial charge in [0.2, 0.25) is 0 Å². The molecule has 0 fully saturated rings. The van der Waals surface area contributed by atoms with Crippen molar-refractivity contribution in [1.29, 1.82) is 0 Å². The fourth-order valence-electron chi connectivity index (χ4n) is 0.998. The van der Waals surface area contributed by atoms with E-state index in [1.807, 2.05) is 18.2 Å². The lowest BCUT2D eigenvalue weighted by molar-refractivity contribution is 0.273. The van der Waals surface area contributed by atoms with Gasteiger partial charge in [-0.1, -0.05) is 22.9 Å². The Balaban J connectivity index is 2.55. The van der Waals surface area contributed by atoms with Crippen LogP contribution in [-0.4, -0.2) is 12.4 Å². The van der Waals surface area contributed by atoms with Gasteiger partial charge in [-0.2, -0.15) is 12.6 Å². The second-order valence-electron chi connectivity index (χ2n) is 3.51. The van der Waals surface area contributed by atoms with Gasteiger partial charge in [0.1, 0.15) is 5.75 Å². The van der Waals surface area contributed by atoms with Gasteiger partial charge < -0.3 is 4.74 Å². The first kappa shape index (κ1) is 11.9. The van der Waals surface area contributed by atoms with E-state index >= 15 is 0 Å². The molecule has 78 valence electrons. The van der Waals surface area contributed by atoms with E-state index in [2.05, 4.69) is 42.4 Å². The van der Waals surface area contributed by atoms with Crippen LogP contribution >= 0.6 is 28.6 Å². The van der Waals surface area contributed by atoms with Crippen molar-refractivity contribution in [2.75, 3.05) is 12.4 Å². The van der Waals surface area contributed by atoms with Crippen molar-refractivity contribution >= 4 is 28.6 Å². The summed E-state index contributed by atoms with van der Waals surface area (Å²) in [5, 5.41) is 0. The molecule has 1 nitrogen and oxygen atoms in total. The molecule has 0 heterocycles. The highest BCUT2D eigenvalue weighted by Crippen LogP contribution is 2.21. The first-order valence-electron chi connectivity index (χ1n) is 4.63. The Morgan fingerprint density at radius 1 is 1.50 bits per heavy atom. The number of halogens is 1. The van der Waals surface area contributed by atoms with Crippen LogP contribution in [0.25, 0.3) is 0 Å². The zero-order valence-corrected chi connectivity index (χ0v) is 10.9. The fourth-order valence-corrected chi connectivity index (χ4v) is 1.35. The maximum Gasteiger partial charge on any atom is 0.119 e. The molecule has 0 saturated heterocycles. The van der Waals surface area contributed by atoms with Crippen LogP contribution in [0.3, 0.4) is 0 Å². The summed E-state index contributed by atoms with van der Waals surface area (Å²) in [6.07, 6.45) is 0. The minimum absolute atomic E-state index is 0.488. The van der Waals surface area contributed by atoms with Gasteiger partial charge >= 0.3 is 0 Å². The minimum atomic E-state index is 0.488. The summed E-state index contributed by atoms with van der Waals surface area (Å²) in [5.74, 6) is 2.27. The van der Waals surface area contributed by atoms with E-state index in [-0.39, 0.29) is 0 Å². The third-order valence-electron chi connectivity index (χ3n) is 1.98. The van der Waals surface area contributed by atoms with E-state index in [9.17, 15) is 0 Å². The second-order valence-corrected chi connectivity index (χ2v) is 4.73. The highest BCUT2D eigenvalue weighted by molar-refractivity contribution is 9.10. The number of hydrogen-bond donors (Lipinski definition) is 1. The summed E-state index contributed by atoms with van der Waals surface area (Å²) < 4.78 is 6.74. The summed E-state index contributed by atoms with van der Waals surface area (Å²) >= 11 is 7.67. The van der Waals surface area contributed by atoms with E-state index in [1.165, 1.54) is 5.56 Å². The van der Waals surface area contributed by atoms with Gasteiger partial charge in [-0.15, -0.1) is 0 Å². The van der Waals surface area contributed by atoms with Gasteiger partial charge in [0.25, 0.3) is 0 Å². The van der Waals surface area contributed by atoms with E-state index in [0.717, 1.165) is 22.6 Å². The third kappa shape index (κ3) is 3.54. The number of thiol groups is 1. The van der Waals surface area contributed by atoms with Crippen molar-refractivity contribution in [2.24, 2.45) is 5.92 Å². The third-order valence-corrected chi connectivity index (χ3v) is 3.49. The summed E-state index contributed by atoms with van der Waals surface area (Å²) in [7, 11) is 0. The number of hydrogen-bond acceptors (Lipinski definition) is 2. The van der Waals surface area contributed by atoms with Crippen molar-refractivity contribution in [3.05, 3.63) is 28.2 Å². The zero-order chi connectivity index (χ0) is 10.6. The van der Waals surface area contributed by atoms with Crippen molar-refractivity contribution < 1.29 is 4.74 Å². The number of ether oxygens (including phenoxy) is 1.